The minimum Gasteiger partial charge on any atom is -0.228 e. The maximum atomic E-state index is 4.43. The van der Waals surface area contributed by atoms with E-state index in [1.807, 2.05) is 23.9 Å². The van der Waals surface area contributed by atoms with Crippen molar-refractivity contribution in [2.24, 2.45) is 0 Å². The Morgan fingerprint density at radius 2 is 1.70 bits per heavy atom. The number of nitrogens with zero attached hydrogens (tertiary/aromatic N) is 3. The Morgan fingerprint density at radius 3 is 2.45 bits per heavy atom. The minimum atomic E-state index is 0.0391. The normalized spacial score (nSPS) is 17.0. The van der Waals surface area contributed by atoms with Gasteiger partial charge in [0.15, 0.2) is 0 Å². The molecule has 1 aliphatic carbocycles. The van der Waals surface area contributed by atoms with Crippen molar-refractivity contribution in [3.63, 3.8) is 0 Å². The molecule has 4 heteroatoms. The molecule has 4 rings (SSSR count). The highest BCUT2D eigenvalue weighted by molar-refractivity contribution is 8.00. The third-order valence-electron chi connectivity index (χ3n) is 3.92. The van der Waals surface area contributed by atoms with Gasteiger partial charge in [0.2, 0.25) is 0 Å². The molecule has 0 bridgehead atoms. The van der Waals surface area contributed by atoms with Crippen LogP contribution in [0.5, 0.6) is 0 Å². The zero-order valence-corrected chi connectivity index (χ0v) is 11.9. The van der Waals surface area contributed by atoms with E-state index in [1.165, 1.54) is 11.3 Å². The van der Waals surface area contributed by atoms with Crippen LogP contribution in [0.3, 0.4) is 0 Å². The zero-order chi connectivity index (χ0) is 13.4. The molecule has 0 aliphatic heterocycles. The van der Waals surface area contributed by atoms with E-state index >= 15 is 0 Å². The van der Waals surface area contributed by atoms with E-state index in [1.54, 1.807) is 0 Å². The smallest absolute Gasteiger partial charge is 0.115 e. The van der Waals surface area contributed by atoms with Crippen LogP contribution in [0, 0.1) is 0 Å². The van der Waals surface area contributed by atoms with E-state index in [9.17, 15) is 0 Å². The molecule has 1 heterocycles. The first-order valence-electron chi connectivity index (χ1n) is 6.92. The summed E-state index contributed by atoms with van der Waals surface area (Å²) in [6.07, 6.45) is 3.56. The summed E-state index contributed by atoms with van der Waals surface area (Å²) >= 11 is 1.91. The molecule has 0 amide bonds. The lowest BCUT2D eigenvalue weighted by Crippen LogP contribution is -2.38. The lowest BCUT2D eigenvalue weighted by atomic mass is 9.92. The number of hydrogen-bond acceptors (Lipinski definition) is 3. The fourth-order valence-corrected chi connectivity index (χ4v) is 4.16. The molecule has 0 N–H and O–H groups in total. The molecule has 1 fully saturated rings. The summed E-state index contributed by atoms with van der Waals surface area (Å²) in [6, 6.07) is 18.8. The number of fused-ring (bicyclic) bond motifs is 1. The number of benzene rings is 2. The lowest BCUT2D eigenvalue weighted by Gasteiger charge is -2.41. The van der Waals surface area contributed by atoms with Gasteiger partial charge in [0.1, 0.15) is 10.4 Å². The van der Waals surface area contributed by atoms with E-state index < -0.39 is 0 Å². The van der Waals surface area contributed by atoms with Gasteiger partial charge in [-0.1, -0.05) is 47.3 Å². The maximum absolute atomic E-state index is 4.43. The summed E-state index contributed by atoms with van der Waals surface area (Å²) in [5, 5.41) is 8.74. The van der Waals surface area contributed by atoms with E-state index in [0.29, 0.717) is 0 Å². The van der Waals surface area contributed by atoms with Gasteiger partial charge >= 0.3 is 0 Å². The molecule has 3 nitrogen and oxygen atoms in total. The number of aromatic nitrogens is 3. The van der Waals surface area contributed by atoms with Crippen LogP contribution in [-0.2, 0) is 4.87 Å². The summed E-state index contributed by atoms with van der Waals surface area (Å²) in [5.74, 6) is 0. The summed E-state index contributed by atoms with van der Waals surface area (Å²) in [4.78, 5) is 1.34. The number of hydrogen-bond donors (Lipinski definition) is 0. The van der Waals surface area contributed by atoms with Crippen molar-refractivity contribution >= 4 is 22.8 Å². The topological polar surface area (TPSA) is 30.7 Å². The third-order valence-corrected chi connectivity index (χ3v) is 5.39. The van der Waals surface area contributed by atoms with Gasteiger partial charge in [-0.3, -0.25) is 0 Å². The van der Waals surface area contributed by atoms with Gasteiger partial charge in [0.25, 0.3) is 0 Å². The van der Waals surface area contributed by atoms with Crippen molar-refractivity contribution in [2.45, 2.75) is 29.0 Å². The first kappa shape index (κ1) is 12.0. The lowest BCUT2D eigenvalue weighted by molar-refractivity contribution is 0.246. The molecule has 1 saturated carbocycles. The Labute approximate surface area is 122 Å². The number of para-hydroxylation sites is 1. The van der Waals surface area contributed by atoms with Crippen molar-refractivity contribution in [1.82, 2.24) is 15.0 Å². The molecule has 0 saturated heterocycles. The minimum absolute atomic E-state index is 0.0391. The fraction of sp³-hybridized carbons (Fsp3) is 0.250. The van der Waals surface area contributed by atoms with Crippen LogP contribution in [-0.4, -0.2) is 15.0 Å². The average molecular weight is 281 g/mol. The molecule has 0 atom stereocenters. The van der Waals surface area contributed by atoms with Crippen LogP contribution in [0.15, 0.2) is 59.5 Å². The van der Waals surface area contributed by atoms with E-state index in [-0.39, 0.29) is 4.87 Å². The summed E-state index contributed by atoms with van der Waals surface area (Å²) in [7, 11) is 0. The molecule has 100 valence electrons. The molecular weight excluding hydrogens is 266 g/mol. The zero-order valence-electron chi connectivity index (χ0n) is 11.1. The van der Waals surface area contributed by atoms with Gasteiger partial charge in [-0.25, -0.2) is 4.68 Å². The van der Waals surface area contributed by atoms with Crippen LogP contribution in [0.1, 0.15) is 19.3 Å². The van der Waals surface area contributed by atoms with Crippen LogP contribution in [0.4, 0.5) is 0 Å². The van der Waals surface area contributed by atoms with Crippen molar-refractivity contribution in [3.05, 3.63) is 54.6 Å². The molecule has 2 aromatic carbocycles. The molecule has 20 heavy (non-hydrogen) atoms. The van der Waals surface area contributed by atoms with E-state index in [0.717, 1.165) is 23.9 Å². The summed E-state index contributed by atoms with van der Waals surface area (Å²) in [5.41, 5.74) is 2.11. The predicted octanol–water partition coefficient (Wildman–Crippen LogP) is 4.06. The Hall–Kier alpha value is -1.81. The van der Waals surface area contributed by atoms with Crippen LogP contribution < -0.4 is 0 Å². The highest BCUT2D eigenvalue weighted by atomic mass is 32.2. The second kappa shape index (κ2) is 4.63. The largest absolute Gasteiger partial charge is 0.228 e. The quantitative estimate of drug-likeness (QED) is 0.725. The Bertz CT molecular complexity index is 732. The summed E-state index contributed by atoms with van der Waals surface area (Å²) in [6.45, 7) is 0. The predicted molar refractivity (Wildman–Crippen MR) is 81.7 cm³/mol. The highest BCUT2D eigenvalue weighted by Crippen LogP contribution is 2.51. The van der Waals surface area contributed by atoms with Gasteiger partial charge in [0, 0.05) is 4.90 Å². The third kappa shape index (κ3) is 1.83. The monoisotopic (exact) mass is 281 g/mol. The van der Waals surface area contributed by atoms with Crippen molar-refractivity contribution in [2.75, 3.05) is 0 Å². The molecule has 1 aliphatic rings. The van der Waals surface area contributed by atoms with Crippen LogP contribution in [0.2, 0.25) is 0 Å². The van der Waals surface area contributed by atoms with Gasteiger partial charge < -0.3 is 0 Å². The molecule has 0 radical (unpaired) electrons. The van der Waals surface area contributed by atoms with Gasteiger partial charge in [-0.2, -0.15) is 0 Å². The number of rotatable bonds is 3. The van der Waals surface area contributed by atoms with Crippen LogP contribution in [0.25, 0.3) is 11.0 Å². The molecule has 0 unspecified atom stereocenters. The number of thioether (sulfide) groups is 1. The van der Waals surface area contributed by atoms with E-state index in [2.05, 4.69) is 57.5 Å². The molecular formula is C16H15N3S. The second-order valence-electron chi connectivity index (χ2n) is 5.20. The maximum Gasteiger partial charge on any atom is 0.115 e. The van der Waals surface area contributed by atoms with E-state index in [4.69, 9.17) is 0 Å². The van der Waals surface area contributed by atoms with Crippen LogP contribution >= 0.6 is 11.8 Å². The van der Waals surface area contributed by atoms with Crippen molar-refractivity contribution in [3.8, 4) is 0 Å². The molecule has 3 aromatic rings. The Balaban J connectivity index is 1.77. The molecule has 0 spiro atoms. The first-order chi connectivity index (χ1) is 9.87. The Morgan fingerprint density at radius 1 is 0.950 bits per heavy atom. The van der Waals surface area contributed by atoms with Gasteiger partial charge in [-0.05, 0) is 43.5 Å². The first-order valence-corrected chi connectivity index (χ1v) is 7.74. The van der Waals surface area contributed by atoms with Gasteiger partial charge in [0.05, 0.1) is 5.52 Å². The molecule has 1 aromatic heterocycles. The Kier molecular flexibility index (Phi) is 2.77. The van der Waals surface area contributed by atoms with Crippen molar-refractivity contribution in [1.29, 1.82) is 0 Å². The standard InChI is InChI=1S/C16H15N3S/c1-2-7-13(8-3-1)20-16(11-6-12-16)19-15-10-5-4-9-14(15)17-18-19/h1-5,7-10H,6,11-12H2. The summed E-state index contributed by atoms with van der Waals surface area (Å²) < 4.78 is 2.13. The highest BCUT2D eigenvalue weighted by Gasteiger charge is 2.42. The average Bonchev–Trinajstić information content (AvgIpc) is 2.88. The van der Waals surface area contributed by atoms with Crippen molar-refractivity contribution < 1.29 is 0 Å². The van der Waals surface area contributed by atoms with Gasteiger partial charge in [-0.15, -0.1) is 5.10 Å². The SMILES string of the molecule is c1ccc(SC2(n3nnc4ccccc43)CCC2)cc1. The second-order valence-corrected chi connectivity index (χ2v) is 6.64. The fourth-order valence-electron chi connectivity index (χ4n) is 2.71.